The molecule has 0 spiro atoms. The molecule has 0 saturated heterocycles. The van der Waals surface area contributed by atoms with E-state index in [1.807, 2.05) is 36.4 Å². The first kappa shape index (κ1) is 12.1. The van der Waals surface area contributed by atoms with Gasteiger partial charge >= 0.3 is 0 Å². The maximum absolute atomic E-state index is 5.80. The molecular weight excluding hydrogens is 260 g/mol. The summed E-state index contributed by atoms with van der Waals surface area (Å²) in [6.07, 6.45) is 1.80. The van der Waals surface area contributed by atoms with Crippen molar-refractivity contribution < 1.29 is 4.74 Å². The number of hydrogen-bond donors (Lipinski definition) is 0. The van der Waals surface area contributed by atoms with Crippen LogP contribution in [-0.4, -0.2) is 17.5 Å². The summed E-state index contributed by atoms with van der Waals surface area (Å²) in [5, 5.41) is 2.23. The topological polar surface area (TPSA) is 34.5 Å². The minimum absolute atomic E-state index is 0.0574. The molecule has 102 valence electrons. The normalized spacial score (nSPS) is 17.5. The second kappa shape index (κ2) is 5.02. The third-order valence-corrected chi connectivity index (χ3v) is 3.71. The zero-order valence-electron chi connectivity index (χ0n) is 11.4. The molecule has 2 aromatic carbocycles. The van der Waals surface area contributed by atoms with E-state index in [9.17, 15) is 0 Å². The quantitative estimate of drug-likeness (QED) is 0.713. The molecule has 0 amide bonds. The second-order valence-electron chi connectivity index (χ2n) is 5.05. The molecule has 3 heteroatoms. The van der Waals surface area contributed by atoms with E-state index in [4.69, 9.17) is 9.73 Å². The first-order valence-electron chi connectivity index (χ1n) is 7.01. The highest BCUT2D eigenvalue weighted by Crippen LogP contribution is 2.26. The van der Waals surface area contributed by atoms with Crippen molar-refractivity contribution in [3.63, 3.8) is 0 Å². The molecule has 1 aromatic heterocycles. The number of fused-ring (bicyclic) bond motifs is 1. The van der Waals surface area contributed by atoms with Crippen LogP contribution in [0.2, 0.25) is 0 Å². The molecule has 0 radical (unpaired) electrons. The Balaban J connectivity index is 1.77. The molecular formula is C18H14N2O. The second-order valence-corrected chi connectivity index (χ2v) is 5.05. The van der Waals surface area contributed by atoms with Gasteiger partial charge in [0.25, 0.3) is 0 Å². The predicted molar refractivity (Wildman–Crippen MR) is 83.4 cm³/mol. The average molecular weight is 274 g/mol. The van der Waals surface area contributed by atoms with Gasteiger partial charge in [0.05, 0.1) is 0 Å². The summed E-state index contributed by atoms with van der Waals surface area (Å²) in [5.74, 6) is 0.639. The van der Waals surface area contributed by atoms with Gasteiger partial charge in [-0.25, -0.2) is 4.99 Å². The zero-order chi connectivity index (χ0) is 14.1. The summed E-state index contributed by atoms with van der Waals surface area (Å²) >= 11 is 0. The fourth-order valence-electron chi connectivity index (χ4n) is 2.64. The Morgan fingerprint density at radius 2 is 1.71 bits per heavy atom. The number of nitrogens with zero attached hydrogens (tertiary/aromatic N) is 2. The SMILES string of the molecule is c1ccc([C@H]2COC(c3nccc4ccccc34)=N2)cc1. The van der Waals surface area contributed by atoms with E-state index in [0.29, 0.717) is 12.5 Å². The number of rotatable bonds is 2. The van der Waals surface area contributed by atoms with Crippen LogP contribution in [0.1, 0.15) is 17.3 Å². The smallest absolute Gasteiger partial charge is 0.236 e. The van der Waals surface area contributed by atoms with Crippen LogP contribution in [-0.2, 0) is 4.74 Å². The van der Waals surface area contributed by atoms with Crippen molar-refractivity contribution in [2.24, 2.45) is 4.99 Å². The van der Waals surface area contributed by atoms with Gasteiger partial charge in [-0.05, 0) is 17.0 Å². The van der Waals surface area contributed by atoms with Crippen molar-refractivity contribution >= 4 is 16.7 Å². The van der Waals surface area contributed by atoms with Gasteiger partial charge in [-0.3, -0.25) is 4.98 Å². The van der Waals surface area contributed by atoms with Crippen LogP contribution in [0.25, 0.3) is 10.8 Å². The van der Waals surface area contributed by atoms with Gasteiger partial charge in [0.2, 0.25) is 5.90 Å². The van der Waals surface area contributed by atoms with Gasteiger partial charge in [-0.2, -0.15) is 0 Å². The molecule has 3 nitrogen and oxygen atoms in total. The number of aromatic nitrogens is 1. The monoisotopic (exact) mass is 274 g/mol. The molecule has 0 bridgehead atoms. The molecule has 0 saturated carbocycles. The van der Waals surface area contributed by atoms with Crippen molar-refractivity contribution in [2.45, 2.75) is 6.04 Å². The highest BCUT2D eigenvalue weighted by atomic mass is 16.5. The van der Waals surface area contributed by atoms with Crippen LogP contribution in [0, 0.1) is 0 Å². The van der Waals surface area contributed by atoms with Crippen molar-refractivity contribution in [3.8, 4) is 0 Å². The highest BCUT2D eigenvalue weighted by molar-refractivity contribution is 6.05. The van der Waals surface area contributed by atoms with Crippen LogP contribution >= 0.6 is 0 Å². The first-order valence-corrected chi connectivity index (χ1v) is 7.01. The van der Waals surface area contributed by atoms with Gasteiger partial charge in [-0.15, -0.1) is 0 Å². The Morgan fingerprint density at radius 3 is 2.62 bits per heavy atom. The van der Waals surface area contributed by atoms with E-state index in [1.165, 1.54) is 5.56 Å². The van der Waals surface area contributed by atoms with E-state index in [2.05, 4.69) is 29.2 Å². The van der Waals surface area contributed by atoms with Gasteiger partial charge in [-0.1, -0.05) is 54.6 Å². The van der Waals surface area contributed by atoms with Gasteiger partial charge in [0, 0.05) is 11.6 Å². The molecule has 1 aliphatic rings. The molecule has 0 N–H and O–H groups in total. The van der Waals surface area contributed by atoms with Crippen molar-refractivity contribution in [1.82, 2.24) is 4.98 Å². The number of pyridine rings is 1. The Morgan fingerprint density at radius 1 is 0.905 bits per heavy atom. The minimum atomic E-state index is 0.0574. The van der Waals surface area contributed by atoms with Crippen molar-refractivity contribution in [2.75, 3.05) is 6.61 Å². The van der Waals surface area contributed by atoms with Crippen LogP contribution in [0.3, 0.4) is 0 Å². The summed E-state index contributed by atoms with van der Waals surface area (Å²) in [6.45, 7) is 0.574. The lowest BCUT2D eigenvalue weighted by Crippen LogP contribution is -2.04. The molecule has 2 heterocycles. The highest BCUT2D eigenvalue weighted by Gasteiger charge is 2.23. The lowest BCUT2D eigenvalue weighted by atomic mass is 10.1. The van der Waals surface area contributed by atoms with E-state index >= 15 is 0 Å². The minimum Gasteiger partial charge on any atom is -0.474 e. The largest absolute Gasteiger partial charge is 0.474 e. The number of ether oxygens (including phenoxy) is 1. The molecule has 1 atom stereocenters. The molecule has 0 fully saturated rings. The average Bonchev–Trinajstić information content (AvgIpc) is 3.05. The molecule has 1 aliphatic heterocycles. The molecule has 0 unspecified atom stereocenters. The third-order valence-electron chi connectivity index (χ3n) is 3.71. The van der Waals surface area contributed by atoms with Crippen molar-refractivity contribution in [1.29, 1.82) is 0 Å². The molecule has 3 aromatic rings. The maximum atomic E-state index is 5.80. The lowest BCUT2D eigenvalue weighted by molar-refractivity contribution is 0.319. The Hall–Kier alpha value is -2.68. The van der Waals surface area contributed by atoms with E-state index in [0.717, 1.165) is 16.5 Å². The maximum Gasteiger partial charge on any atom is 0.236 e. The van der Waals surface area contributed by atoms with Gasteiger partial charge in [0.15, 0.2) is 0 Å². The van der Waals surface area contributed by atoms with Crippen LogP contribution in [0.15, 0.2) is 71.9 Å². The van der Waals surface area contributed by atoms with Crippen LogP contribution in [0.5, 0.6) is 0 Å². The van der Waals surface area contributed by atoms with E-state index in [1.54, 1.807) is 6.20 Å². The summed E-state index contributed by atoms with van der Waals surface area (Å²) < 4.78 is 5.80. The Labute approximate surface area is 122 Å². The standard InChI is InChI=1S/C18H14N2O/c1-2-7-14(8-3-1)16-12-21-18(20-16)17-15-9-5-4-6-13(15)10-11-19-17/h1-11,16H,12H2/t16-/m1/s1. The summed E-state index contributed by atoms with van der Waals surface area (Å²) in [5.41, 5.74) is 2.00. The molecule has 0 aliphatic carbocycles. The van der Waals surface area contributed by atoms with Gasteiger partial charge < -0.3 is 4.74 Å². The summed E-state index contributed by atoms with van der Waals surface area (Å²) in [7, 11) is 0. The predicted octanol–water partition coefficient (Wildman–Crippen LogP) is 3.75. The van der Waals surface area contributed by atoms with E-state index in [-0.39, 0.29) is 6.04 Å². The number of benzene rings is 2. The number of hydrogen-bond acceptors (Lipinski definition) is 3. The van der Waals surface area contributed by atoms with Gasteiger partial charge in [0.1, 0.15) is 18.3 Å². The Kier molecular flexibility index (Phi) is 2.89. The fraction of sp³-hybridized carbons (Fsp3) is 0.111. The van der Waals surface area contributed by atoms with Crippen molar-refractivity contribution in [3.05, 3.63) is 78.1 Å². The number of aliphatic imine (C=N–C) groups is 1. The summed E-state index contributed by atoms with van der Waals surface area (Å²) in [4.78, 5) is 9.17. The van der Waals surface area contributed by atoms with E-state index < -0.39 is 0 Å². The molecule has 21 heavy (non-hydrogen) atoms. The van der Waals surface area contributed by atoms with Crippen LogP contribution in [0.4, 0.5) is 0 Å². The Bertz CT molecular complexity index is 806. The van der Waals surface area contributed by atoms with Crippen LogP contribution < -0.4 is 0 Å². The molecule has 4 rings (SSSR count). The third kappa shape index (κ3) is 2.17. The summed E-state index contributed by atoms with van der Waals surface area (Å²) in [6, 6.07) is 20.4. The lowest BCUT2D eigenvalue weighted by Gasteiger charge is -2.04. The zero-order valence-corrected chi connectivity index (χ0v) is 11.4. The first-order chi connectivity index (χ1) is 10.4. The fourth-order valence-corrected chi connectivity index (χ4v) is 2.64.